The average Bonchev–Trinajstić information content (AvgIpc) is 2.75. The third-order valence-corrected chi connectivity index (χ3v) is 4.14. The molecule has 0 saturated carbocycles. The van der Waals surface area contributed by atoms with Crippen LogP contribution < -0.4 is 0 Å². The summed E-state index contributed by atoms with van der Waals surface area (Å²) in [7, 11) is 0. The smallest absolute Gasteiger partial charge is 0.305 e. The Bertz CT molecular complexity index is 546. The number of aliphatic hydroxyl groups is 3. The summed E-state index contributed by atoms with van der Waals surface area (Å²) in [6, 6.07) is 0. The minimum atomic E-state index is -0.992. The second-order valence-corrected chi connectivity index (χ2v) is 7.03. The van der Waals surface area contributed by atoms with Gasteiger partial charge >= 0.3 is 5.97 Å². The fourth-order valence-corrected chi connectivity index (χ4v) is 2.42. The van der Waals surface area contributed by atoms with Crippen molar-refractivity contribution < 1.29 is 24.9 Å². The highest BCUT2D eigenvalue weighted by Crippen LogP contribution is 2.05. The summed E-state index contributed by atoms with van der Waals surface area (Å²) >= 11 is 0. The third kappa shape index (κ3) is 20.8. The quantitative estimate of drug-likeness (QED) is 0.131. The van der Waals surface area contributed by atoms with Gasteiger partial charge in [-0.2, -0.15) is 0 Å². The number of aliphatic hydroxyl groups excluding tert-OH is 3. The SMILES string of the molecule is CC/C=C\C/C=C\CC(O)/C=C\C=C/C/C=C\CCCCCC(=O)OCC(O)CO. The van der Waals surface area contributed by atoms with Crippen molar-refractivity contribution in [1.82, 2.24) is 0 Å². The molecule has 0 heterocycles. The van der Waals surface area contributed by atoms with Crippen molar-refractivity contribution in [3.05, 3.63) is 60.8 Å². The van der Waals surface area contributed by atoms with E-state index in [1.807, 2.05) is 24.3 Å². The van der Waals surface area contributed by atoms with Crippen LogP contribution in [0.25, 0.3) is 0 Å². The number of unbranched alkanes of at least 4 members (excludes halogenated alkanes) is 3. The fourth-order valence-electron chi connectivity index (χ4n) is 2.42. The van der Waals surface area contributed by atoms with E-state index in [2.05, 4.69) is 37.3 Å². The standard InChI is InChI=1S/C25H40O5/c1-2-3-4-5-12-15-18-23(27)19-16-13-10-8-6-7-9-11-14-17-20-25(29)30-22-24(28)21-26/h3-4,6-7,10,12-13,15-16,19,23-24,26-28H,2,5,8-9,11,14,17-18,20-22H2,1H3/b4-3-,7-6-,13-10-,15-12-,19-16-. The molecule has 3 N–H and O–H groups in total. The lowest BCUT2D eigenvalue weighted by Gasteiger charge is -2.08. The Balaban J connectivity index is 3.62. The van der Waals surface area contributed by atoms with E-state index in [1.165, 1.54) is 0 Å². The van der Waals surface area contributed by atoms with E-state index in [-0.39, 0.29) is 12.6 Å². The lowest BCUT2D eigenvalue weighted by molar-refractivity contribution is -0.147. The average molecular weight is 421 g/mol. The molecule has 0 saturated heterocycles. The molecule has 170 valence electrons. The zero-order valence-electron chi connectivity index (χ0n) is 18.4. The van der Waals surface area contributed by atoms with Crippen molar-refractivity contribution >= 4 is 5.97 Å². The number of esters is 1. The van der Waals surface area contributed by atoms with Crippen LogP contribution in [0.3, 0.4) is 0 Å². The molecule has 0 aliphatic heterocycles. The molecule has 0 aromatic rings. The van der Waals surface area contributed by atoms with Crippen LogP contribution in [0.2, 0.25) is 0 Å². The van der Waals surface area contributed by atoms with Gasteiger partial charge in [-0.15, -0.1) is 0 Å². The Kier molecular flexibility index (Phi) is 20.3. The van der Waals surface area contributed by atoms with Gasteiger partial charge in [-0.05, 0) is 44.9 Å². The molecule has 0 rings (SSSR count). The summed E-state index contributed by atoms with van der Waals surface area (Å²) in [5.41, 5.74) is 0. The second kappa shape index (κ2) is 21.8. The van der Waals surface area contributed by atoms with Gasteiger partial charge in [-0.3, -0.25) is 4.79 Å². The molecule has 0 aliphatic carbocycles. The first-order valence-electron chi connectivity index (χ1n) is 11.0. The number of carbonyl (C=O) groups excluding carboxylic acids is 1. The molecule has 0 radical (unpaired) electrons. The maximum absolute atomic E-state index is 11.4. The Morgan fingerprint density at radius 3 is 2.40 bits per heavy atom. The maximum atomic E-state index is 11.4. The van der Waals surface area contributed by atoms with E-state index in [0.29, 0.717) is 12.8 Å². The normalized spacial score (nSPS) is 14.7. The van der Waals surface area contributed by atoms with Crippen LogP contribution in [-0.2, 0) is 9.53 Å². The Morgan fingerprint density at radius 1 is 0.900 bits per heavy atom. The van der Waals surface area contributed by atoms with Crippen LogP contribution >= 0.6 is 0 Å². The predicted molar refractivity (Wildman–Crippen MR) is 123 cm³/mol. The van der Waals surface area contributed by atoms with E-state index in [4.69, 9.17) is 14.9 Å². The molecule has 0 fully saturated rings. The molecule has 2 unspecified atom stereocenters. The van der Waals surface area contributed by atoms with Gasteiger partial charge in [0.2, 0.25) is 0 Å². The van der Waals surface area contributed by atoms with Crippen molar-refractivity contribution in [3.63, 3.8) is 0 Å². The van der Waals surface area contributed by atoms with Crippen LogP contribution in [0.5, 0.6) is 0 Å². The highest BCUT2D eigenvalue weighted by atomic mass is 16.5. The lowest BCUT2D eigenvalue weighted by atomic mass is 10.1. The highest BCUT2D eigenvalue weighted by molar-refractivity contribution is 5.69. The topological polar surface area (TPSA) is 87.0 Å². The van der Waals surface area contributed by atoms with Crippen molar-refractivity contribution in [2.24, 2.45) is 0 Å². The number of hydrogen-bond acceptors (Lipinski definition) is 5. The van der Waals surface area contributed by atoms with Crippen LogP contribution in [0.1, 0.15) is 64.7 Å². The Hall–Kier alpha value is -1.95. The van der Waals surface area contributed by atoms with Crippen molar-refractivity contribution in [2.75, 3.05) is 13.2 Å². The molecular formula is C25H40O5. The molecule has 5 nitrogen and oxygen atoms in total. The molecule has 0 spiro atoms. The van der Waals surface area contributed by atoms with Crippen LogP contribution in [0.15, 0.2) is 60.8 Å². The molecular weight excluding hydrogens is 380 g/mol. The van der Waals surface area contributed by atoms with Crippen LogP contribution in [-0.4, -0.2) is 46.7 Å². The summed E-state index contributed by atoms with van der Waals surface area (Å²) in [6.07, 6.45) is 26.3. The van der Waals surface area contributed by atoms with E-state index < -0.39 is 18.8 Å². The summed E-state index contributed by atoms with van der Waals surface area (Å²) in [5, 5.41) is 27.6. The largest absolute Gasteiger partial charge is 0.463 e. The van der Waals surface area contributed by atoms with E-state index in [1.54, 1.807) is 6.08 Å². The Labute approximate surface area is 182 Å². The van der Waals surface area contributed by atoms with E-state index >= 15 is 0 Å². The maximum Gasteiger partial charge on any atom is 0.305 e. The number of hydrogen-bond donors (Lipinski definition) is 3. The van der Waals surface area contributed by atoms with Gasteiger partial charge in [-0.25, -0.2) is 0 Å². The zero-order valence-corrected chi connectivity index (χ0v) is 18.4. The molecule has 0 bridgehead atoms. The summed E-state index contributed by atoms with van der Waals surface area (Å²) in [6.45, 7) is 1.56. The minimum absolute atomic E-state index is 0.145. The molecule has 0 amide bonds. The lowest BCUT2D eigenvalue weighted by Crippen LogP contribution is -2.21. The summed E-state index contributed by atoms with van der Waals surface area (Å²) < 4.78 is 4.84. The molecule has 30 heavy (non-hydrogen) atoms. The first kappa shape index (κ1) is 28.1. The van der Waals surface area contributed by atoms with Crippen LogP contribution in [0, 0.1) is 0 Å². The zero-order chi connectivity index (χ0) is 22.3. The van der Waals surface area contributed by atoms with E-state index in [0.717, 1.165) is 44.9 Å². The van der Waals surface area contributed by atoms with Crippen molar-refractivity contribution in [1.29, 1.82) is 0 Å². The first-order chi connectivity index (χ1) is 14.6. The van der Waals surface area contributed by atoms with Gasteiger partial charge < -0.3 is 20.1 Å². The van der Waals surface area contributed by atoms with Gasteiger partial charge in [0.25, 0.3) is 0 Å². The monoisotopic (exact) mass is 420 g/mol. The van der Waals surface area contributed by atoms with Gasteiger partial charge in [0, 0.05) is 6.42 Å². The van der Waals surface area contributed by atoms with Gasteiger partial charge in [0.05, 0.1) is 12.7 Å². The molecule has 5 heteroatoms. The molecule has 0 aromatic heterocycles. The summed E-state index contributed by atoms with van der Waals surface area (Å²) in [5.74, 6) is -0.332. The molecule has 0 aromatic carbocycles. The number of allylic oxidation sites excluding steroid dienone is 8. The fraction of sp³-hybridized carbons (Fsp3) is 0.560. The van der Waals surface area contributed by atoms with Gasteiger partial charge in [0.1, 0.15) is 12.7 Å². The number of carbonyl (C=O) groups is 1. The van der Waals surface area contributed by atoms with Gasteiger partial charge in [0.15, 0.2) is 0 Å². The molecule has 0 aliphatic rings. The van der Waals surface area contributed by atoms with Crippen molar-refractivity contribution in [2.45, 2.75) is 76.9 Å². The third-order valence-electron chi connectivity index (χ3n) is 4.14. The van der Waals surface area contributed by atoms with Gasteiger partial charge in [-0.1, -0.05) is 74.1 Å². The van der Waals surface area contributed by atoms with E-state index in [9.17, 15) is 9.90 Å². The van der Waals surface area contributed by atoms with Crippen molar-refractivity contribution in [3.8, 4) is 0 Å². The Morgan fingerprint density at radius 2 is 1.63 bits per heavy atom. The predicted octanol–water partition coefficient (Wildman–Crippen LogP) is 4.56. The first-order valence-corrected chi connectivity index (χ1v) is 11.0. The summed E-state index contributed by atoms with van der Waals surface area (Å²) in [4.78, 5) is 11.4. The van der Waals surface area contributed by atoms with Crippen LogP contribution in [0.4, 0.5) is 0 Å². The minimum Gasteiger partial charge on any atom is -0.463 e. The number of ether oxygens (including phenoxy) is 1. The second-order valence-electron chi connectivity index (χ2n) is 7.03. The molecule has 2 atom stereocenters. The number of rotatable bonds is 18. The highest BCUT2D eigenvalue weighted by Gasteiger charge is 2.07.